The number of carboxylic acid groups (broad SMARTS) is 1. The highest BCUT2D eigenvalue weighted by Gasteiger charge is 2.68. The molecule has 17 heavy (non-hydrogen) atoms. The smallest absolute Gasteiger partial charge is 0.307 e. The van der Waals surface area contributed by atoms with Crippen LogP contribution in [0.2, 0.25) is 5.02 Å². The quantitative estimate of drug-likeness (QED) is 0.802. The van der Waals surface area contributed by atoms with Crippen LogP contribution in [0.15, 0.2) is 12.1 Å². The lowest BCUT2D eigenvalue weighted by Gasteiger charge is -2.10. The molecule has 1 spiro atoms. The summed E-state index contributed by atoms with van der Waals surface area (Å²) in [4.78, 5) is 23.1. The lowest BCUT2D eigenvalue weighted by molar-refractivity contribution is -0.140. The van der Waals surface area contributed by atoms with Crippen LogP contribution in [0.4, 0.5) is 5.69 Å². The van der Waals surface area contributed by atoms with Gasteiger partial charge in [-0.05, 0) is 30.5 Å². The molecular formula is C12H10ClNO3. The highest BCUT2D eigenvalue weighted by molar-refractivity contribution is 6.35. The molecule has 1 aliphatic carbocycles. The van der Waals surface area contributed by atoms with Gasteiger partial charge in [0.2, 0.25) is 5.91 Å². The maximum atomic E-state index is 12.0. The normalized spacial score (nSPS) is 29.1. The van der Waals surface area contributed by atoms with E-state index in [0.29, 0.717) is 17.1 Å². The summed E-state index contributed by atoms with van der Waals surface area (Å²) in [6.07, 6.45) is 0.363. The number of anilines is 1. The van der Waals surface area contributed by atoms with Crippen LogP contribution >= 0.6 is 11.6 Å². The van der Waals surface area contributed by atoms with E-state index >= 15 is 0 Å². The highest BCUT2D eigenvalue weighted by atomic mass is 35.5. The molecule has 3 rings (SSSR count). The van der Waals surface area contributed by atoms with Crippen LogP contribution in [0, 0.1) is 12.8 Å². The Morgan fingerprint density at radius 2 is 2.29 bits per heavy atom. The van der Waals surface area contributed by atoms with Crippen molar-refractivity contribution >= 4 is 29.2 Å². The summed E-state index contributed by atoms with van der Waals surface area (Å²) in [5.41, 5.74) is 1.38. The zero-order valence-corrected chi connectivity index (χ0v) is 9.84. The zero-order chi connectivity index (χ0) is 12.4. The minimum absolute atomic E-state index is 0.240. The Bertz CT molecular complexity index is 569. The van der Waals surface area contributed by atoms with Crippen LogP contribution in [0.5, 0.6) is 0 Å². The third-order valence-corrected chi connectivity index (χ3v) is 4.03. The minimum atomic E-state index is -0.924. The van der Waals surface area contributed by atoms with Crippen LogP contribution < -0.4 is 5.32 Å². The SMILES string of the molecule is Cc1ccc(Cl)c2c1C1(CC1C(=O)O)C(=O)N2. The summed E-state index contributed by atoms with van der Waals surface area (Å²) in [5, 5.41) is 12.2. The number of benzene rings is 1. The van der Waals surface area contributed by atoms with Crippen LogP contribution in [0.25, 0.3) is 0 Å². The number of amides is 1. The van der Waals surface area contributed by atoms with Gasteiger partial charge in [-0.25, -0.2) is 0 Å². The summed E-state index contributed by atoms with van der Waals surface area (Å²) < 4.78 is 0. The molecule has 5 heteroatoms. The molecule has 2 unspecified atom stereocenters. The molecule has 88 valence electrons. The third-order valence-electron chi connectivity index (χ3n) is 3.71. The molecule has 2 atom stereocenters. The summed E-state index contributed by atoms with van der Waals surface area (Å²) in [7, 11) is 0. The first-order valence-corrected chi connectivity index (χ1v) is 5.70. The van der Waals surface area contributed by atoms with E-state index in [4.69, 9.17) is 16.7 Å². The van der Waals surface area contributed by atoms with Crippen molar-refractivity contribution in [2.75, 3.05) is 5.32 Å². The monoisotopic (exact) mass is 251 g/mol. The van der Waals surface area contributed by atoms with Crippen molar-refractivity contribution in [3.8, 4) is 0 Å². The van der Waals surface area contributed by atoms with Gasteiger partial charge in [0.15, 0.2) is 0 Å². The zero-order valence-electron chi connectivity index (χ0n) is 9.08. The molecule has 4 nitrogen and oxygen atoms in total. The van der Waals surface area contributed by atoms with Crippen molar-refractivity contribution in [1.82, 2.24) is 0 Å². The maximum absolute atomic E-state index is 12.0. The molecule has 0 saturated heterocycles. The van der Waals surface area contributed by atoms with E-state index in [1.54, 1.807) is 6.07 Å². The molecule has 1 aromatic rings. The topological polar surface area (TPSA) is 66.4 Å². The number of carbonyl (C=O) groups is 2. The molecule has 2 N–H and O–H groups in total. The minimum Gasteiger partial charge on any atom is -0.481 e. The van der Waals surface area contributed by atoms with E-state index in [2.05, 4.69) is 5.32 Å². The van der Waals surface area contributed by atoms with E-state index in [1.807, 2.05) is 13.0 Å². The second-order valence-electron chi connectivity index (χ2n) is 4.63. The van der Waals surface area contributed by atoms with E-state index < -0.39 is 17.3 Å². The van der Waals surface area contributed by atoms with E-state index in [1.165, 1.54) is 0 Å². The first-order chi connectivity index (χ1) is 7.98. The van der Waals surface area contributed by atoms with Gasteiger partial charge in [-0.3, -0.25) is 9.59 Å². The van der Waals surface area contributed by atoms with Gasteiger partial charge in [0.25, 0.3) is 0 Å². The van der Waals surface area contributed by atoms with Gasteiger partial charge in [-0.2, -0.15) is 0 Å². The Labute approximate surface area is 103 Å². The van der Waals surface area contributed by atoms with E-state index in [0.717, 1.165) is 11.1 Å². The van der Waals surface area contributed by atoms with Crippen molar-refractivity contribution < 1.29 is 14.7 Å². The van der Waals surface area contributed by atoms with Crippen LogP contribution in [-0.4, -0.2) is 17.0 Å². The summed E-state index contributed by atoms with van der Waals surface area (Å²) in [5.74, 6) is -1.79. The second kappa shape index (κ2) is 3.01. The van der Waals surface area contributed by atoms with Gasteiger partial charge in [0, 0.05) is 0 Å². The predicted molar refractivity (Wildman–Crippen MR) is 62.2 cm³/mol. The number of hydrogen-bond donors (Lipinski definition) is 2. The van der Waals surface area contributed by atoms with Crippen molar-refractivity contribution in [3.63, 3.8) is 0 Å². The molecular weight excluding hydrogens is 242 g/mol. The summed E-state index contributed by atoms with van der Waals surface area (Å²) in [6.45, 7) is 1.87. The van der Waals surface area contributed by atoms with Crippen molar-refractivity contribution in [2.45, 2.75) is 18.8 Å². The largest absolute Gasteiger partial charge is 0.481 e. The van der Waals surface area contributed by atoms with Crippen molar-refractivity contribution in [3.05, 3.63) is 28.3 Å². The Balaban J connectivity index is 2.22. The molecule has 2 aliphatic rings. The van der Waals surface area contributed by atoms with Crippen molar-refractivity contribution in [2.24, 2.45) is 5.92 Å². The number of aryl methyl sites for hydroxylation is 1. The van der Waals surface area contributed by atoms with Gasteiger partial charge in [0.1, 0.15) is 0 Å². The molecule has 0 aromatic heterocycles. The second-order valence-corrected chi connectivity index (χ2v) is 5.04. The number of carbonyl (C=O) groups excluding carboxylic acids is 1. The number of carboxylic acids is 1. The maximum Gasteiger partial charge on any atom is 0.307 e. The molecule has 1 aromatic carbocycles. The predicted octanol–water partition coefficient (Wildman–Crippen LogP) is 1.94. The number of rotatable bonds is 1. The molecule has 0 bridgehead atoms. The van der Waals surface area contributed by atoms with Gasteiger partial charge in [-0.1, -0.05) is 17.7 Å². The number of fused-ring (bicyclic) bond motifs is 2. The number of nitrogens with one attached hydrogen (secondary N) is 1. The lowest BCUT2D eigenvalue weighted by atomic mass is 9.91. The van der Waals surface area contributed by atoms with E-state index in [-0.39, 0.29) is 5.91 Å². The molecule has 1 saturated carbocycles. The van der Waals surface area contributed by atoms with Gasteiger partial charge in [-0.15, -0.1) is 0 Å². The lowest BCUT2D eigenvalue weighted by Crippen LogP contribution is -2.24. The Kier molecular flexibility index (Phi) is 1.88. The molecule has 0 radical (unpaired) electrons. The Morgan fingerprint density at radius 1 is 1.59 bits per heavy atom. The Morgan fingerprint density at radius 3 is 2.88 bits per heavy atom. The summed E-state index contributed by atoms with van der Waals surface area (Å²) >= 11 is 6.03. The standard InChI is InChI=1S/C12H10ClNO3/c1-5-2-3-7(13)9-8(5)12(11(17)14-9)4-6(12)10(15)16/h2-3,6H,4H2,1H3,(H,14,17)(H,15,16). The molecule has 1 heterocycles. The summed E-state index contributed by atoms with van der Waals surface area (Å²) in [6, 6.07) is 3.54. The first-order valence-electron chi connectivity index (χ1n) is 5.32. The van der Waals surface area contributed by atoms with Crippen molar-refractivity contribution in [1.29, 1.82) is 0 Å². The number of halogens is 1. The molecule has 1 aliphatic heterocycles. The highest BCUT2D eigenvalue weighted by Crippen LogP contribution is 2.61. The molecule has 1 amide bonds. The fourth-order valence-electron chi connectivity index (χ4n) is 2.81. The van der Waals surface area contributed by atoms with Gasteiger partial charge in [0.05, 0.1) is 22.0 Å². The third kappa shape index (κ3) is 1.13. The molecule has 1 fully saturated rings. The number of hydrogen-bond acceptors (Lipinski definition) is 2. The first kappa shape index (κ1) is 10.6. The average molecular weight is 252 g/mol. The fourth-order valence-corrected chi connectivity index (χ4v) is 3.01. The van der Waals surface area contributed by atoms with E-state index in [9.17, 15) is 9.59 Å². The van der Waals surface area contributed by atoms with Gasteiger partial charge < -0.3 is 10.4 Å². The van der Waals surface area contributed by atoms with Gasteiger partial charge >= 0.3 is 5.97 Å². The van der Waals surface area contributed by atoms with Crippen LogP contribution in [-0.2, 0) is 15.0 Å². The van der Waals surface area contributed by atoms with Crippen LogP contribution in [0.3, 0.4) is 0 Å². The average Bonchev–Trinajstić information content (AvgIpc) is 2.92. The fraction of sp³-hybridized carbons (Fsp3) is 0.333. The Hall–Kier alpha value is -1.55. The van der Waals surface area contributed by atoms with Crippen LogP contribution in [0.1, 0.15) is 17.5 Å². The number of aliphatic carboxylic acids is 1.